The Morgan fingerprint density at radius 3 is 2.42 bits per heavy atom. The summed E-state index contributed by atoms with van der Waals surface area (Å²) in [4.78, 5) is 0. The molecular weight excluding hydrogens is 434 g/mol. The van der Waals surface area contributed by atoms with Crippen LogP contribution < -0.4 is 5.32 Å². The molecule has 0 radical (unpaired) electrons. The van der Waals surface area contributed by atoms with Gasteiger partial charge in [-0.2, -0.15) is 0 Å². The number of halogens is 3. The van der Waals surface area contributed by atoms with Crippen molar-refractivity contribution in [2.75, 3.05) is 5.32 Å². The van der Waals surface area contributed by atoms with E-state index < -0.39 is 0 Å². The Hall–Kier alpha value is -0.580. The summed E-state index contributed by atoms with van der Waals surface area (Å²) in [5.41, 5.74) is 3.48. The summed E-state index contributed by atoms with van der Waals surface area (Å²) in [6.07, 6.45) is 2.03. The van der Waals surface area contributed by atoms with Crippen molar-refractivity contribution >= 4 is 59.6 Å². The fourth-order valence-corrected chi connectivity index (χ4v) is 2.65. The lowest BCUT2D eigenvalue weighted by atomic mass is 10.1. The van der Waals surface area contributed by atoms with E-state index in [9.17, 15) is 0 Å². The smallest absolute Gasteiger partial charge is 0.0610 e. The minimum Gasteiger partial charge on any atom is -0.380 e. The number of hydrogen-bond acceptors (Lipinski definition) is 1. The van der Waals surface area contributed by atoms with Gasteiger partial charge in [0, 0.05) is 16.7 Å². The summed E-state index contributed by atoms with van der Waals surface area (Å²) >= 11 is 10.4. The van der Waals surface area contributed by atoms with Crippen molar-refractivity contribution in [2.45, 2.75) is 6.54 Å². The Labute approximate surface area is 138 Å². The molecule has 19 heavy (non-hydrogen) atoms. The SMILES string of the molecule is BrC(Br)=Cc1ccccc1NCc1ccccc1Br. The van der Waals surface area contributed by atoms with Crippen LogP contribution in [-0.2, 0) is 6.54 Å². The second kappa shape index (κ2) is 7.27. The van der Waals surface area contributed by atoms with Crippen LogP contribution in [0, 0.1) is 0 Å². The third kappa shape index (κ3) is 4.48. The van der Waals surface area contributed by atoms with E-state index >= 15 is 0 Å². The lowest BCUT2D eigenvalue weighted by Crippen LogP contribution is -2.01. The first-order chi connectivity index (χ1) is 9.16. The highest BCUT2D eigenvalue weighted by atomic mass is 79.9. The van der Waals surface area contributed by atoms with Crippen molar-refractivity contribution in [2.24, 2.45) is 0 Å². The quantitative estimate of drug-likeness (QED) is 0.595. The van der Waals surface area contributed by atoms with Gasteiger partial charge in [0.2, 0.25) is 0 Å². The van der Waals surface area contributed by atoms with E-state index in [0.717, 1.165) is 25.7 Å². The van der Waals surface area contributed by atoms with Crippen LogP contribution >= 0.6 is 47.8 Å². The van der Waals surface area contributed by atoms with Gasteiger partial charge < -0.3 is 5.32 Å². The molecule has 0 spiro atoms. The molecule has 1 nitrogen and oxygen atoms in total. The van der Waals surface area contributed by atoms with Crippen molar-refractivity contribution in [3.63, 3.8) is 0 Å². The van der Waals surface area contributed by atoms with Crippen LogP contribution in [0.25, 0.3) is 6.08 Å². The average Bonchev–Trinajstić information content (AvgIpc) is 2.39. The molecule has 0 aliphatic carbocycles. The van der Waals surface area contributed by atoms with Crippen molar-refractivity contribution in [3.05, 3.63) is 67.5 Å². The van der Waals surface area contributed by atoms with Gasteiger partial charge in [-0.25, -0.2) is 0 Å². The van der Waals surface area contributed by atoms with E-state index in [1.807, 2.05) is 30.3 Å². The topological polar surface area (TPSA) is 12.0 Å². The first kappa shape index (κ1) is 14.8. The molecule has 0 aliphatic rings. The zero-order valence-corrected chi connectivity index (χ0v) is 14.8. The molecule has 0 amide bonds. The first-order valence-corrected chi connectivity index (χ1v) is 8.14. The van der Waals surface area contributed by atoms with Gasteiger partial charge in [0.1, 0.15) is 0 Å². The normalized spacial score (nSPS) is 10.1. The van der Waals surface area contributed by atoms with Crippen molar-refractivity contribution in [1.82, 2.24) is 0 Å². The maximum atomic E-state index is 3.56. The van der Waals surface area contributed by atoms with Gasteiger partial charge in [0.05, 0.1) is 3.39 Å². The van der Waals surface area contributed by atoms with E-state index in [0.29, 0.717) is 0 Å². The molecule has 0 atom stereocenters. The Bertz CT molecular complexity index is 589. The average molecular weight is 446 g/mol. The van der Waals surface area contributed by atoms with E-state index in [-0.39, 0.29) is 0 Å². The summed E-state index contributed by atoms with van der Waals surface area (Å²) in [5, 5.41) is 3.46. The standard InChI is InChI=1S/C15H12Br3N/c16-13-7-3-1-6-12(13)10-19-14-8-4-2-5-11(14)9-15(17)18/h1-9,19H,10H2. The molecule has 2 rings (SSSR count). The van der Waals surface area contributed by atoms with Crippen molar-refractivity contribution < 1.29 is 0 Å². The number of benzene rings is 2. The molecule has 1 N–H and O–H groups in total. The fourth-order valence-electron chi connectivity index (χ4n) is 1.73. The van der Waals surface area contributed by atoms with Gasteiger partial charge in [0.15, 0.2) is 0 Å². The monoisotopic (exact) mass is 443 g/mol. The van der Waals surface area contributed by atoms with E-state index in [2.05, 4.69) is 77.4 Å². The molecule has 98 valence electrons. The van der Waals surface area contributed by atoms with Crippen LogP contribution in [0.2, 0.25) is 0 Å². The largest absolute Gasteiger partial charge is 0.380 e. The van der Waals surface area contributed by atoms with Gasteiger partial charge in [-0.3, -0.25) is 0 Å². The van der Waals surface area contributed by atoms with Gasteiger partial charge in [-0.15, -0.1) is 0 Å². The molecule has 0 aliphatic heterocycles. The highest BCUT2D eigenvalue weighted by molar-refractivity contribution is 9.28. The molecule has 0 unspecified atom stereocenters. The Kier molecular flexibility index (Phi) is 5.67. The summed E-state index contributed by atoms with van der Waals surface area (Å²) < 4.78 is 2.05. The summed E-state index contributed by atoms with van der Waals surface area (Å²) in [6.45, 7) is 0.784. The maximum Gasteiger partial charge on any atom is 0.0610 e. The predicted molar refractivity (Wildman–Crippen MR) is 93.7 cm³/mol. The zero-order chi connectivity index (χ0) is 13.7. The molecule has 0 saturated carbocycles. The second-order valence-corrected chi connectivity index (χ2v) is 7.59. The van der Waals surface area contributed by atoms with Gasteiger partial charge in [-0.1, -0.05) is 52.3 Å². The molecule has 0 saturated heterocycles. The van der Waals surface area contributed by atoms with E-state index in [4.69, 9.17) is 0 Å². The highest BCUT2D eigenvalue weighted by Gasteiger charge is 2.01. The highest BCUT2D eigenvalue weighted by Crippen LogP contribution is 2.24. The maximum absolute atomic E-state index is 3.56. The van der Waals surface area contributed by atoms with Crippen LogP contribution in [0.4, 0.5) is 5.69 Å². The van der Waals surface area contributed by atoms with Gasteiger partial charge in [-0.05, 0) is 61.2 Å². The molecule has 0 fully saturated rings. The fraction of sp³-hybridized carbons (Fsp3) is 0.0667. The molecular formula is C15H12Br3N. The van der Waals surface area contributed by atoms with Crippen molar-refractivity contribution in [1.29, 1.82) is 0 Å². The Morgan fingerprint density at radius 2 is 1.68 bits per heavy atom. The molecule has 0 aromatic heterocycles. The zero-order valence-electron chi connectivity index (χ0n) is 10.0. The van der Waals surface area contributed by atoms with Gasteiger partial charge >= 0.3 is 0 Å². The second-order valence-electron chi connectivity index (χ2n) is 3.97. The molecule has 0 bridgehead atoms. The molecule has 2 aromatic rings. The predicted octanol–water partition coefficient (Wildman–Crippen LogP) is 6.15. The van der Waals surface area contributed by atoms with E-state index in [1.54, 1.807) is 0 Å². The minimum absolute atomic E-state index is 0.784. The van der Waals surface area contributed by atoms with Crippen LogP contribution in [0.5, 0.6) is 0 Å². The lowest BCUT2D eigenvalue weighted by molar-refractivity contribution is 1.14. The molecule has 4 heteroatoms. The number of hydrogen-bond donors (Lipinski definition) is 1. The first-order valence-electron chi connectivity index (χ1n) is 5.76. The summed E-state index contributed by atoms with van der Waals surface area (Å²) in [5.74, 6) is 0. The third-order valence-electron chi connectivity index (χ3n) is 2.65. The van der Waals surface area contributed by atoms with Crippen LogP contribution in [-0.4, -0.2) is 0 Å². The Morgan fingerprint density at radius 1 is 1.00 bits per heavy atom. The lowest BCUT2D eigenvalue weighted by Gasteiger charge is -2.11. The van der Waals surface area contributed by atoms with Gasteiger partial charge in [0.25, 0.3) is 0 Å². The van der Waals surface area contributed by atoms with E-state index in [1.165, 1.54) is 5.56 Å². The number of para-hydroxylation sites is 1. The molecule has 0 heterocycles. The molecule has 2 aromatic carbocycles. The Balaban J connectivity index is 2.16. The number of anilines is 1. The number of rotatable bonds is 4. The van der Waals surface area contributed by atoms with Crippen LogP contribution in [0.1, 0.15) is 11.1 Å². The summed E-state index contributed by atoms with van der Waals surface area (Å²) in [7, 11) is 0. The van der Waals surface area contributed by atoms with Crippen LogP contribution in [0.3, 0.4) is 0 Å². The van der Waals surface area contributed by atoms with Crippen LogP contribution in [0.15, 0.2) is 56.4 Å². The summed E-state index contributed by atoms with van der Waals surface area (Å²) in [6, 6.07) is 16.4. The number of nitrogens with one attached hydrogen (secondary N) is 1. The van der Waals surface area contributed by atoms with Crippen molar-refractivity contribution in [3.8, 4) is 0 Å². The third-order valence-corrected chi connectivity index (χ3v) is 3.88. The minimum atomic E-state index is 0.784.